The van der Waals surface area contributed by atoms with Gasteiger partial charge in [-0.25, -0.2) is 4.39 Å². The third-order valence-corrected chi connectivity index (χ3v) is 5.05. The molecular formula is C20H21ClFN3O2. The molecule has 1 amide bonds. The molecule has 2 aliphatic rings. The molecule has 5 nitrogen and oxygen atoms in total. The first-order valence-electron chi connectivity index (χ1n) is 9.11. The second kappa shape index (κ2) is 7.35. The number of alkyl halides is 1. The molecule has 0 saturated heterocycles. The van der Waals surface area contributed by atoms with Crippen molar-refractivity contribution < 1.29 is 13.9 Å². The van der Waals surface area contributed by atoms with Gasteiger partial charge in [0.2, 0.25) is 11.8 Å². The fourth-order valence-electron chi connectivity index (χ4n) is 3.26. The fraction of sp³-hybridized carbons (Fsp3) is 0.400. The van der Waals surface area contributed by atoms with Crippen LogP contribution in [0.4, 0.5) is 15.9 Å². The maximum absolute atomic E-state index is 13.2. The summed E-state index contributed by atoms with van der Waals surface area (Å²) in [6, 6.07) is 8.66. The van der Waals surface area contributed by atoms with Crippen molar-refractivity contribution in [2.75, 3.05) is 22.7 Å². The number of nitrogens with one attached hydrogen (secondary N) is 1. The average molecular weight is 390 g/mol. The number of carbonyl (C=O) groups excluding carboxylic acids is 1. The number of halogens is 2. The first-order chi connectivity index (χ1) is 13.0. The maximum Gasteiger partial charge on any atom is 0.242 e. The number of anilines is 2. The van der Waals surface area contributed by atoms with E-state index in [1.807, 2.05) is 13.0 Å². The highest BCUT2D eigenvalue weighted by Crippen LogP contribution is 2.38. The molecule has 1 fully saturated rings. The number of nitrogens with zero attached hydrogens (tertiary/aromatic N) is 2. The van der Waals surface area contributed by atoms with Gasteiger partial charge >= 0.3 is 0 Å². The van der Waals surface area contributed by atoms with Crippen LogP contribution in [0.5, 0.6) is 5.88 Å². The Labute approximate surface area is 162 Å². The van der Waals surface area contributed by atoms with Crippen LogP contribution in [0.25, 0.3) is 0 Å². The summed E-state index contributed by atoms with van der Waals surface area (Å²) in [4.78, 5) is 18.7. The largest absolute Gasteiger partial charge is 0.474 e. The summed E-state index contributed by atoms with van der Waals surface area (Å²) < 4.78 is 19.0. The van der Waals surface area contributed by atoms with Crippen molar-refractivity contribution in [3.8, 4) is 5.88 Å². The van der Waals surface area contributed by atoms with E-state index in [4.69, 9.17) is 16.3 Å². The van der Waals surface area contributed by atoms with Gasteiger partial charge in [-0.3, -0.25) is 4.79 Å². The summed E-state index contributed by atoms with van der Waals surface area (Å²) in [5.41, 5.74) is 2.55. The van der Waals surface area contributed by atoms with Crippen molar-refractivity contribution in [2.24, 2.45) is 0 Å². The predicted octanol–water partition coefficient (Wildman–Crippen LogP) is 3.74. The maximum atomic E-state index is 13.2. The molecule has 2 heterocycles. The second-order valence-corrected chi connectivity index (χ2v) is 7.37. The summed E-state index contributed by atoms with van der Waals surface area (Å²) >= 11 is 5.81. The Bertz CT molecular complexity index is 855. The highest BCUT2D eigenvalue weighted by atomic mass is 35.5. The van der Waals surface area contributed by atoms with E-state index in [-0.39, 0.29) is 23.6 Å². The number of ether oxygens (including phenoxy) is 1. The number of hydrogen-bond acceptors (Lipinski definition) is 4. The van der Waals surface area contributed by atoms with Gasteiger partial charge in [0.05, 0.1) is 6.04 Å². The zero-order valence-electron chi connectivity index (χ0n) is 15.0. The van der Waals surface area contributed by atoms with Gasteiger partial charge < -0.3 is 15.0 Å². The Kier molecular flexibility index (Phi) is 4.91. The van der Waals surface area contributed by atoms with Crippen LogP contribution >= 0.6 is 11.6 Å². The number of hydrogen-bond donors (Lipinski definition) is 1. The number of amides is 1. The van der Waals surface area contributed by atoms with Gasteiger partial charge in [-0.05, 0) is 43.5 Å². The second-order valence-electron chi connectivity index (χ2n) is 7.10. The van der Waals surface area contributed by atoms with E-state index in [0.29, 0.717) is 30.6 Å². The van der Waals surface area contributed by atoms with E-state index in [1.165, 1.54) is 12.1 Å². The number of carbonyl (C=O) groups is 1. The summed E-state index contributed by atoms with van der Waals surface area (Å²) in [6.45, 7) is 2.30. The Morgan fingerprint density at radius 2 is 2.11 bits per heavy atom. The summed E-state index contributed by atoms with van der Waals surface area (Å²) in [6.07, 6.45) is 2.81. The predicted molar refractivity (Wildman–Crippen MR) is 103 cm³/mol. The topological polar surface area (TPSA) is 54.5 Å². The summed E-state index contributed by atoms with van der Waals surface area (Å²) in [5.74, 6) is 0.663. The molecule has 7 heteroatoms. The van der Waals surface area contributed by atoms with E-state index in [9.17, 15) is 9.18 Å². The Hall–Kier alpha value is -2.34. The molecule has 2 aromatic rings. The highest BCUT2D eigenvalue weighted by molar-refractivity contribution is 6.29. The van der Waals surface area contributed by atoms with Crippen LogP contribution in [0, 0.1) is 5.82 Å². The van der Waals surface area contributed by atoms with Crippen molar-refractivity contribution >= 4 is 29.0 Å². The molecule has 0 spiro atoms. The molecule has 0 radical (unpaired) electrons. The van der Waals surface area contributed by atoms with Gasteiger partial charge in [-0.1, -0.05) is 12.1 Å². The molecule has 1 atom stereocenters. The fourth-order valence-corrected chi connectivity index (χ4v) is 3.39. The van der Waals surface area contributed by atoms with Crippen LogP contribution in [0.2, 0.25) is 0 Å². The number of benzene rings is 1. The normalized spacial score (nSPS) is 18.6. The molecule has 1 aromatic carbocycles. The van der Waals surface area contributed by atoms with Gasteiger partial charge in [0.25, 0.3) is 0 Å². The van der Waals surface area contributed by atoms with Gasteiger partial charge in [0.15, 0.2) is 0 Å². The van der Waals surface area contributed by atoms with Crippen molar-refractivity contribution in [2.45, 2.75) is 38.3 Å². The van der Waals surface area contributed by atoms with Crippen molar-refractivity contribution in [3.05, 3.63) is 47.3 Å². The summed E-state index contributed by atoms with van der Waals surface area (Å²) in [5, 5.41) is 3.44. The van der Waals surface area contributed by atoms with Crippen LogP contribution in [0.1, 0.15) is 30.9 Å². The number of pyridine rings is 1. The van der Waals surface area contributed by atoms with Crippen LogP contribution < -0.4 is 15.0 Å². The minimum atomic E-state index is -0.264. The molecule has 1 N–H and O–H groups in total. The molecule has 1 aromatic heterocycles. The van der Waals surface area contributed by atoms with Crippen LogP contribution in [0.3, 0.4) is 0 Å². The third-order valence-electron chi connectivity index (χ3n) is 4.82. The van der Waals surface area contributed by atoms with Crippen LogP contribution in [-0.2, 0) is 11.2 Å². The van der Waals surface area contributed by atoms with Crippen LogP contribution in [0.15, 0.2) is 30.3 Å². The molecule has 4 rings (SSSR count). The lowest BCUT2D eigenvalue weighted by molar-refractivity contribution is -0.117. The van der Waals surface area contributed by atoms with E-state index in [1.54, 1.807) is 17.0 Å². The SMILES string of the molecule is CC1COc2nc(NC3CC3)c(Cc3ccc(F)cc3)cc2N1C(=O)CCl. The van der Waals surface area contributed by atoms with Crippen LogP contribution in [-0.4, -0.2) is 35.5 Å². The monoisotopic (exact) mass is 389 g/mol. The lowest BCUT2D eigenvalue weighted by Crippen LogP contribution is -2.46. The lowest BCUT2D eigenvalue weighted by Gasteiger charge is -2.34. The molecule has 1 saturated carbocycles. The van der Waals surface area contributed by atoms with Gasteiger partial charge in [0.1, 0.15) is 29.8 Å². The van der Waals surface area contributed by atoms with Crippen molar-refractivity contribution in [3.63, 3.8) is 0 Å². The number of aromatic nitrogens is 1. The minimum absolute atomic E-state index is 0.0981. The Morgan fingerprint density at radius 3 is 2.78 bits per heavy atom. The molecule has 1 unspecified atom stereocenters. The first-order valence-corrected chi connectivity index (χ1v) is 9.64. The van der Waals surface area contributed by atoms with Gasteiger partial charge in [-0.15, -0.1) is 11.6 Å². The van der Waals surface area contributed by atoms with Crippen molar-refractivity contribution in [1.82, 2.24) is 4.98 Å². The average Bonchev–Trinajstić information content (AvgIpc) is 3.48. The molecule has 142 valence electrons. The zero-order chi connectivity index (χ0) is 19.0. The third kappa shape index (κ3) is 3.86. The Morgan fingerprint density at radius 1 is 1.37 bits per heavy atom. The van der Waals surface area contributed by atoms with Gasteiger partial charge in [0, 0.05) is 18.0 Å². The quantitative estimate of drug-likeness (QED) is 0.791. The lowest BCUT2D eigenvalue weighted by atomic mass is 10.0. The smallest absolute Gasteiger partial charge is 0.242 e. The van der Waals surface area contributed by atoms with E-state index in [2.05, 4.69) is 10.3 Å². The van der Waals surface area contributed by atoms with Gasteiger partial charge in [-0.2, -0.15) is 4.98 Å². The molecule has 27 heavy (non-hydrogen) atoms. The van der Waals surface area contributed by atoms with Crippen molar-refractivity contribution in [1.29, 1.82) is 0 Å². The summed E-state index contributed by atoms with van der Waals surface area (Å²) in [7, 11) is 0. The highest BCUT2D eigenvalue weighted by Gasteiger charge is 2.32. The Balaban J connectivity index is 1.74. The van der Waals surface area contributed by atoms with E-state index < -0.39 is 0 Å². The molecule has 1 aliphatic carbocycles. The number of fused-ring (bicyclic) bond motifs is 1. The molecule has 0 bridgehead atoms. The van der Waals surface area contributed by atoms with E-state index in [0.717, 1.165) is 29.8 Å². The first kappa shape index (κ1) is 18.0. The minimum Gasteiger partial charge on any atom is -0.474 e. The standard InChI is InChI=1S/C20H21ClFN3O2/c1-12-11-27-20-17(25(12)18(26)10-21)9-14(19(24-20)23-16-6-7-16)8-13-2-4-15(22)5-3-13/h2-5,9,12,16H,6-8,10-11H2,1H3,(H,23,24). The number of rotatable bonds is 5. The molecule has 1 aliphatic heterocycles. The zero-order valence-corrected chi connectivity index (χ0v) is 15.8. The van der Waals surface area contributed by atoms with E-state index >= 15 is 0 Å². The molecular weight excluding hydrogens is 369 g/mol.